The molecule has 0 unspecified atom stereocenters. The molecule has 5 nitrogen and oxygen atoms in total. The second kappa shape index (κ2) is 6.22. The van der Waals surface area contributed by atoms with E-state index in [0.29, 0.717) is 36.9 Å². The first kappa shape index (κ1) is 13.4. The number of fused-ring (bicyclic) bond motifs is 1. The molecule has 1 aliphatic heterocycles. The van der Waals surface area contributed by atoms with Crippen molar-refractivity contribution in [3.63, 3.8) is 0 Å². The molecule has 0 radical (unpaired) electrons. The van der Waals surface area contributed by atoms with Crippen LogP contribution in [0.5, 0.6) is 11.5 Å². The summed E-state index contributed by atoms with van der Waals surface area (Å²) in [5.41, 5.74) is 0.522. The number of Topliss-reactive ketones (excluding diaryl/α,β-unsaturated/α-hetero) is 1. The van der Waals surface area contributed by atoms with Gasteiger partial charge in [-0.3, -0.25) is 9.59 Å². The van der Waals surface area contributed by atoms with Gasteiger partial charge in [0.25, 0.3) is 0 Å². The van der Waals surface area contributed by atoms with Crippen LogP contribution in [0.25, 0.3) is 0 Å². The zero-order chi connectivity index (χ0) is 13.7. The lowest BCUT2D eigenvalue weighted by molar-refractivity contribution is -0.143. The van der Waals surface area contributed by atoms with Gasteiger partial charge in [0.1, 0.15) is 13.2 Å². The minimum Gasteiger partial charge on any atom is -0.486 e. The number of benzene rings is 1. The number of hydrogen-bond donors (Lipinski definition) is 0. The van der Waals surface area contributed by atoms with E-state index in [2.05, 4.69) is 0 Å². The molecule has 0 amide bonds. The fourth-order valence-corrected chi connectivity index (χ4v) is 1.81. The van der Waals surface area contributed by atoms with Crippen LogP contribution in [0, 0.1) is 0 Å². The van der Waals surface area contributed by atoms with Crippen LogP contribution in [0.15, 0.2) is 18.2 Å². The molecule has 0 fully saturated rings. The summed E-state index contributed by atoms with van der Waals surface area (Å²) in [5.74, 6) is 0.764. The van der Waals surface area contributed by atoms with E-state index < -0.39 is 0 Å². The number of carbonyl (C=O) groups is 2. The number of ketones is 1. The maximum absolute atomic E-state index is 11.9. The first-order valence-electron chi connectivity index (χ1n) is 6.29. The highest BCUT2D eigenvalue weighted by molar-refractivity contribution is 5.98. The van der Waals surface area contributed by atoms with Crippen LogP contribution >= 0.6 is 0 Å². The predicted octanol–water partition coefficient (Wildman–Crippen LogP) is 1.98. The topological polar surface area (TPSA) is 61.8 Å². The lowest BCUT2D eigenvalue weighted by atomic mass is 10.1. The number of esters is 1. The molecule has 1 aromatic rings. The Hall–Kier alpha value is -2.04. The van der Waals surface area contributed by atoms with Crippen molar-refractivity contribution in [1.82, 2.24) is 0 Å². The fourth-order valence-electron chi connectivity index (χ4n) is 1.81. The first-order valence-corrected chi connectivity index (χ1v) is 6.29. The summed E-state index contributed by atoms with van der Waals surface area (Å²) in [4.78, 5) is 23.1. The van der Waals surface area contributed by atoms with Gasteiger partial charge in [0.05, 0.1) is 13.0 Å². The third-order valence-electron chi connectivity index (χ3n) is 2.73. The lowest BCUT2D eigenvalue weighted by Crippen LogP contribution is -2.16. The van der Waals surface area contributed by atoms with Crippen molar-refractivity contribution in [3.8, 4) is 11.5 Å². The van der Waals surface area contributed by atoms with E-state index >= 15 is 0 Å². The quantitative estimate of drug-likeness (QED) is 0.601. The van der Waals surface area contributed by atoms with Gasteiger partial charge in [-0.05, 0) is 25.1 Å². The van der Waals surface area contributed by atoms with Crippen LogP contribution in [-0.2, 0) is 9.53 Å². The van der Waals surface area contributed by atoms with Crippen molar-refractivity contribution in [2.75, 3.05) is 19.8 Å². The van der Waals surface area contributed by atoms with Gasteiger partial charge in [-0.2, -0.15) is 0 Å². The van der Waals surface area contributed by atoms with Crippen molar-refractivity contribution in [2.24, 2.45) is 0 Å². The molecule has 5 heteroatoms. The Kier molecular flexibility index (Phi) is 4.39. The molecule has 102 valence electrons. The summed E-state index contributed by atoms with van der Waals surface area (Å²) in [6.07, 6.45) is 0.236. The molecule has 0 saturated carbocycles. The van der Waals surface area contributed by atoms with Gasteiger partial charge in [-0.15, -0.1) is 0 Å². The van der Waals surface area contributed by atoms with Gasteiger partial charge in [0.15, 0.2) is 17.3 Å². The molecular weight excluding hydrogens is 248 g/mol. The molecule has 0 saturated heterocycles. The van der Waals surface area contributed by atoms with Crippen molar-refractivity contribution in [2.45, 2.75) is 19.8 Å². The van der Waals surface area contributed by atoms with Gasteiger partial charge in [-0.1, -0.05) is 0 Å². The Morgan fingerprint density at radius 2 is 1.89 bits per heavy atom. The molecule has 0 aliphatic carbocycles. The average molecular weight is 264 g/mol. The fraction of sp³-hybridized carbons (Fsp3) is 0.429. The second-order valence-corrected chi connectivity index (χ2v) is 4.09. The van der Waals surface area contributed by atoms with Crippen LogP contribution in [0.4, 0.5) is 0 Å². The maximum Gasteiger partial charge on any atom is 0.306 e. The molecule has 0 atom stereocenters. The summed E-state index contributed by atoms with van der Waals surface area (Å²) in [6.45, 7) is 3.06. The number of carbonyl (C=O) groups excluding carboxylic acids is 2. The van der Waals surface area contributed by atoms with Gasteiger partial charge in [0.2, 0.25) is 0 Å². The highest BCUT2D eigenvalue weighted by Crippen LogP contribution is 2.31. The molecule has 19 heavy (non-hydrogen) atoms. The number of hydrogen-bond acceptors (Lipinski definition) is 5. The monoisotopic (exact) mass is 264 g/mol. The SMILES string of the molecule is CCOC(=O)CCC(=O)c1ccc2c(c1)OCCO2. The third-order valence-corrected chi connectivity index (χ3v) is 2.73. The van der Waals surface area contributed by atoms with Gasteiger partial charge in [0, 0.05) is 12.0 Å². The summed E-state index contributed by atoms with van der Waals surface area (Å²) in [7, 11) is 0. The van der Waals surface area contributed by atoms with Crippen molar-refractivity contribution >= 4 is 11.8 Å². The van der Waals surface area contributed by atoms with Gasteiger partial charge >= 0.3 is 5.97 Å². The van der Waals surface area contributed by atoms with E-state index in [-0.39, 0.29) is 24.6 Å². The lowest BCUT2D eigenvalue weighted by Gasteiger charge is -2.18. The molecule has 0 spiro atoms. The molecule has 0 bridgehead atoms. The molecule has 2 rings (SSSR count). The number of rotatable bonds is 5. The first-order chi connectivity index (χ1) is 9.20. The Balaban J connectivity index is 1.97. The van der Waals surface area contributed by atoms with E-state index in [1.54, 1.807) is 25.1 Å². The molecule has 1 aliphatic rings. The zero-order valence-electron chi connectivity index (χ0n) is 10.8. The third kappa shape index (κ3) is 3.47. The van der Waals surface area contributed by atoms with Crippen LogP contribution in [0.1, 0.15) is 30.1 Å². The Labute approximate surface area is 111 Å². The van der Waals surface area contributed by atoms with Crippen molar-refractivity contribution in [1.29, 1.82) is 0 Å². The largest absolute Gasteiger partial charge is 0.486 e. The van der Waals surface area contributed by atoms with E-state index in [1.165, 1.54) is 0 Å². The van der Waals surface area contributed by atoms with Crippen molar-refractivity contribution < 1.29 is 23.8 Å². The smallest absolute Gasteiger partial charge is 0.306 e. The molecule has 0 aromatic heterocycles. The standard InChI is InChI=1S/C14H16O5/c1-2-17-14(16)6-4-11(15)10-3-5-12-13(9-10)19-8-7-18-12/h3,5,9H,2,4,6-8H2,1H3. The molecule has 1 aromatic carbocycles. The van der Waals surface area contributed by atoms with Gasteiger partial charge < -0.3 is 14.2 Å². The molecular formula is C14H16O5. The minimum absolute atomic E-state index is 0.0983. The van der Waals surface area contributed by atoms with Crippen LogP contribution < -0.4 is 9.47 Å². The van der Waals surface area contributed by atoms with Gasteiger partial charge in [-0.25, -0.2) is 0 Å². The van der Waals surface area contributed by atoms with Crippen LogP contribution in [0.2, 0.25) is 0 Å². The molecule has 0 N–H and O–H groups in total. The average Bonchev–Trinajstić information content (AvgIpc) is 2.44. The highest BCUT2D eigenvalue weighted by atomic mass is 16.6. The normalized spacial score (nSPS) is 12.9. The summed E-state index contributed by atoms with van der Waals surface area (Å²) < 4.78 is 15.6. The summed E-state index contributed by atoms with van der Waals surface area (Å²) in [5, 5.41) is 0. The minimum atomic E-state index is -0.353. The summed E-state index contributed by atoms with van der Waals surface area (Å²) >= 11 is 0. The van der Waals surface area contributed by atoms with E-state index in [9.17, 15) is 9.59 Å². The highest BCUT2D eigenvalue weighted by Gasteiger charge is 2.15. The van der Waals surface area contributed by atoms with E-state index in [4.69, 9.17) is 14.2 Å². The Morgan fingerprint density at radius 1 is 1.16 bits per heavy atom. The maximum atomic E-state index is 11.9. The summed E-state index contributed by atoms with van der Waals surface area (Å²) in [6, 6.07) is 5.05. The van der Waals surface area contributed by atoms with Crippen molar-refractivity contribution in [3.05, 3.63) is 23.8 Å². The molecule has 1 heterocycles. The van der Waals surface area contributed by atoms with Crippen LogP contribution in [-0.4, -0.2) is 31.6 Å². The zero-order valence-corrected chi connectivity index (χ0v) is 10.8. The Morgan fingerprint density at radius 3 is 2.63 bits per heavy atom. The number of ether oxygens (including phenoxy) is 3. The Bertz CT molecular complexity index is 481. The second-order valence-electron chi connectivity index (χ2n) is 4.09. The predicted molar refractivity (Wildman–Crippen MR) is 67.6 cm³/mol. The van der Waals surface area contributed by atoms with E-state index in [0.717, 1.165) is 0 Å². The van der Waals surface area contributed by atoms with E-state index in [1.807, 2.05) is 0 Å². The van der Waals surface area contributed by atoms with Crippen LogP contribution in [0.3, 0.4) is 0 Å².